The quantitative estimate of drug-likeness (QED) is 0.625. The van der Waals surface area contributed by atoms with Gasteiger partial charge in [0.1, 0.15) is 0 Å². The van der Waals surface area contributed by atoms with Crippen LogP contribution in [0, 0.1) is 0 Å². The zero-order valence-corrected chi connectivity index (χ0v) is 6.18. The Hall–Kier alpha value is -1.17. The van der Waals surface area contributed by atoms with E-state index in [1.165, 1.54) is 12.1 Å². The molecule has 6 heteroatoms. The molecule has 1 heterocycles. The minimum absolute atomic E-state index is 0.185. The van der Waals surface area contributed by atoms with Crippen molar-refractivity contribution < 1.29 is 12.3 Å². The molecule has 0 aliphatic carbocycles. The van der Waals surface area contributed by atoms with Crippen molar-refractivity contribution in [2.45, 2.75) is 5.03 Å². The smallest absolute Gasteiger partial charge is 0.351 e. The van der Waals surface area contributed by atoms with Gasteiger partial charge in [0, 0.05) is 6.20 Å². The summed E-state index contributed by atoms with van der Waals surface area (Å²) in [7, 11) is -4.77. The predicted molar refractivity (Wildman–Crippen MR) is 36.9 cm³/mol. The highest BCUT2D eigenvalue weighted by Gasteiger charge is 2.16. The van der Waals surface area contributed by atoms with Gasteiger partial charge < -0.3 is 5.73 Å². The molecule has 1 aromatic heterocycles. The summed E-state index contributed by atoms with van der Waals surface area (Å²) in [4.78, 5) is 3.26. The van der Waals surface area contributed by atoms with Gasteiger partial charge in [0.15, 0.2) is 0 Å². The summed E-state index contributed by atoms with van der Waals surface area (Å²) >= 11 is 0. The summed E-state index contributed by atoms with van der Waals surface area (Å²) in [5.74, 6) is 0. The van der Waals surface area contributed by atoms with E-state index in [1.54, 1.807) is 0 Å². The second-order valence-corrected chi connectivity index (χ2v) is 3.10. The van der Waals surface area contributed by atoms with E-state index in [1.807, 2.05) is 0 Å². The Morgan fingerprint density at radius 2 is 2.18 bits per heavy atom. The standard InChI is InChI=1S/C5H5FN2O2S/c6-11(9,10)5-4(7)2-1-3-8-5/h1-3H,7H2. The molecule has 0 saturated carbocycles. The van der Waals surface area contributed by atoms with E-state index >= 15 is 0 Å². The molecule has 0 amide bonds. The van der Waals surface area contributed by atoms with E-state index in [-0.39, 0.29) is 5.69 Å². The number of nitrogens with two attached hydrogens (primary N) is 1. The van der Waals surface area contributed by atoms with Gasteiger partial charge in [0.2, 0.25) is 5.03 Å². The normalized spacial score (nSPS) is 11.4. The molecule has 0 bridgehead atoms. The molecule has 4 nitrogen and oxygen atoms in total. The first-order chi connectivity index (χ1) is 5.02. The molecule has 0 unspecified atom stereocenters. The first kappa shape index (κ1) is 7.93. The molecule has 0 aliphatic heterocycles. The van der Waals surface area contributed by atoms with E-state index in [9.17, 15) is 12.3 Å². The van der Waals surface area contributed by atoms with Crippen LogP contribution in [-0.4, -0.2) is 13.4 Å². The van der Waals surface area contributed by atoms with E-state index in [4.69, 9.17) is 5.73 Å². The summed E-state index contributed by atoms with van der Waals surface area (Å²) in [6, 6.07) is 2.68. The Balaban J connectivity index is 3.37. The molecule has 2 N–H and O–H groups in total. The van der Waals surface area contributed by atoms with Crippen LogP contribution < -0.4 is 5.73 Å². The van der Waals surface area contributed by atoms with Crippen LogP contribution in [0.2, 0.25) is 0 Å². The maximum Gasteiger partial charge on any atom is 0.351 e. The minimum Gasteiger partial charge on any atom is -0.396 e. The van der Waals surface area contributed by atoms with Crippen LogP contribution in [0.3, 0.4) is 0 Å². The number of nitrogens with zero attached hydrogens (tertiary/aromatic N) is 1. The Kier molecular flexibility index (Phi) is 1.77. The lowest BCUT2D eigenvalue weighted by molar-refractivity contribution is 0.548. The minimum atomic E-state index is -4.77. The van der Waals surface area contributed by atoms with E-state index in [2.05, 4.69) is 4.98 Å². The van der Waals surface area contributed by atoms with Gasteiger partial charge in [-0.15, -0.1) is 0 Å². The fourth-order valence-corrected chi connectivity index (χ4v) is 1.14. The van der Waals surface area contributed by atoms with Crippen LogP contribution in [0.25, 0.3) is 0 Å². The monoisotopic (exact) mass is 176 g/mol. The second kappa shape index (κ2) is 2.46. The van der Waals surface area contributed by atoms with Crippen molar-refractivity contribution in [3.05, 3.63) is 18.3 Å². The van der Waals surface area contributed by atoms with Gasteiger partial charge in [0.05, 0.1) is 5.69 Å². The van der Waals surface area contributed by atoms with Crippen LogP contribution >= 0.6 is 0 Å². The Morgan fingerprint density at radius 3 is 2.55 bits per heavy atom. The number of hydrogen-bond donors (Lipinski definition) is 1. The molecule has 1 aromatic rings. The third-order valence-electron chi connectivity index (χ3n) is 1.03. The van der Waals surface area contributed by atoms with E-state index in [0.717, 1.165) is 6.20 Å². The lowest BCUT2D eigenvalue weighted by atomic mass is 10.4. The number of anilines is 1. The van der Waals surface area contributed by atoms with Crippen LogP contribution in [0.5, 0.6) is 0 Å². The van der Waals surface area contributed by atoms with E-state index in [0.29, 0.717) is 0 Å². The third kappa shape index (κ3) is 1.64. The largest absolute Gasteiger partial charge is 0.396 e. The molecule has 11 heavy (non-hydrogen) atoms. The van der Waals surface area contributed by atoms with Crippen molar-refractivity contribution in [1.29, 1.82) is 0 Å². The maximum absolute atomic E-state index is 12.2. The number of hydrogen-bond acceptors (Lipinski definition) is 4. The van der Waals surface area contributed by atoms with Crippen molar-refractivity contribution in [2.75, 3.05) is 5.73 Å². The van der Waals surface area contributed by atoms with Crippen molar-refractivity contribution >= 4 is 15.9 Å². The first-order valence-corrected chi connectivity index (χ1v) is 4.05. The number of pyridine rings is 1. The number of aromatic nitrogens is 1. The van der Waals surface area contributed by atoms with Crippen LogP contribution in [0.4, 0.5) is 9.57 Å². The molecular weight excluding hydrogens is 171 g/mol. The Bertz CT molecular complexity index is 363. The summed E-state index contributed by atoms with van der Waals surface area (Å²) < 4.78 is 32.7. The lowest BCUT2D eigenvalue weighted by Gasteiger charge is -1.96. The average Bonchev–Trinajstić information content (AvgIpc) is 1.86. The lowest BCUT2D eigenvalue weighted by Crippen LogP contribution is -2.00. The van der Waals surface area contributed by atoms with Gasteiger partial charge in [0.25, 0.3) is 0 Å². The third-order valence-corrected chi connectivity index (χ3v) is 1.83. The van der Waals surface area contributed by atoms with Crippen molar-refractivity contribution in [3.8, 4) is 0 Å². The molecule has 0 spiro atoms. The molecule has 0 atom stereocenters. The fraction of sp³-hybridized carbons (Fsp3) is 0. The molecule has 0 aliphatic rings. The van der Waals surface area contributed by atoms with Crippen molar-refractivity contribution in [1.82, 2.24) is 4.98 Å². The van der Waals surface area contributed by atoms with E-state index < -0.39 is 15.2 Å². The number of halogens is 1. The Morgan fingerprint density at radius 1 is 1.55 bits per heavy atom. The van der Waals surface area contributed by atoms with Gasteiger partial charge in [-0.25, -0.2) is 4.98 Å². The number of rotatable bonds is 1. The second-order valence-electron chi connectivity index (χ2n) is 1.84. The molecule has 0 saturated heterocycles. The van der Waals surface area contributed by atoms with Gasteiger partial charge in [-0.2, -0.15) is 8.42 Å². The molecular formula is C5H5FN2O2S. The first-order valence-electron chi connectivity index (χ1n) is 2.67. The summed E-state index contributed by atoms with van der Waals surface area (Å²) in [5.41, 5.74) is 4.94. The van der Waals surface area contributed by atoms with Crippen LogP contribution in [0.1, 0.15) is 0 Å². The van der Waals surface area contributed by atoms with Gasteiger partial charge in [-0.05, 0) is 12.1 Å². The SMILES string of the molecule is Nc1cccnc1S(=O)(=O)F. The van der Waals surface area contributed by atoms with Crippen molar-refractivity contribution in [3.63, 3.8) is 0 Å². The predicted octanol–water partition coefficient (Wildman–Crippen LogP) is 0.322. The van der Waals surface area contributed by atoms with Crippen LogP contribution in [0.15, 0.2) is 23.4 Å². The van der Waals surface area contributed by atoms with Gasteiger partial charge >= 0.3 is 10.2 Å². The molecule has 1 rings (SSSR count). The summed E-state index contributed by atoms with van der Waals surface area (Å²) in [5, 5.41) is -0.722. The fourth-order valence-electron chi connectivity index (χ4n) is 0.607. The van der Waals surface area contributed by atoms with Gasteiger partial charge in [-0.1, -0.05) is 3.89 Å². The zero-order chi connectivity index (χ0) is 8.48. The highest BCUT2D eigenvalue weighted by Crippen LogP contribution is 2.15. The molecule has 60 valence electrons. The molecule has 0 aromatic carbocycles. The Labute approximate surface area is 63.1 Å². The number of nitrogen functional groups attached to an aromatic ring is 1. The van der Waals surface area contributed by atoms with Crippen LogP contribution in [-0.2, 0) is 10.2 Å². The maximum atomic E-state index is 12.2. The van der Waals surface area contributed by atoms with Gasteiger partial charge in [-0.3, -0.25) is 0 Å². The molecule has 0 fully saturated rings. The topological polar surface area (TPSA) is 73.0 Å². The summed E-state index contributed by atoms with van der Waals surface area (Å²) in [6.45, 7) is 0. The summed E-state index contributed by atoms with van der Waals surface area (Å²) in [6.07, 6.45) is 1.16. The molecule has 0 radical (unpaired) electrons. The zero-order valence-electron chi connectivity index (χ0n) is 5.36. The average molecular weight is 176 g/mol. The highest BCUT2D eigenvalue weighted by atomic mass is 32.3. The highest BCUT2D eigenvalue weighted by molar-refractivity contribution is 7.86. The van der Waals surface area contributed by atoms with Crippen molar-refractivity contribution in [2.24, 2.45) is 0 Å².